The van der Waals surface area contributed by atoms with E-state index in [1.807, 2.05) is 18.2 Å². The number of hydrogen-bond donors (Lipinski definition) is 3. The van der Waals surface area contributed by atoms with Gasteiger partial charge in [0.25, 0.3) is 5.56 Å². The molecule has 1 aromatic carbocycles. The summed E-state index contributed by atoms with van der Waals surface area (Å²) in [6.45, 7) is 4.24. The number of nitrogens with zero attached hydrogens (tertiary/aromatic N) is 2. The fourth-order valence-corrected chi connectivity index (χ4v) is 2.70. The quantitative estimate of drug-likeness (QED) is 0.674. The molecule has 0 bridgehead atoms. The molecule has 0 aliphatic carbocycles. The number of fused-ring (bicyclic) bond motifs is 1. The summed E-state index contributed by atoms with van der Waals surface area (Å²) in [6.07, 6.45) is 1.77. The number of H-pyrrole nitrogens is 2. The Morgan fingerprint density at radius 1 is 1.32 bits per heavy atom. The number of aromatic amines is 2. The Bertz CT molecular complexity index is 839. The molecule has 0 spiro atoms. The van der Waals surface area contributed by atoms with E-state index in [9.17, 15) is 4.79 Å². The van der Waals surface area contributed by atoms with Gasteiger partial charge in [0, 0.05) is 22.9 Å². The first-order valence-electron chi connectivity index (χ1n) is 7.02. The lowest BCUT2D eigenvalue weighted by Gasteiger charge is -2.08. The maximum Gasteiger partial charge on any atom is 0.252 e. The van der Waals surface area contributed by atoms with Crippen LogP contribution in [0, 0.1) is 0 Å². The normalized spacial score (nSPS) is 11.2. The maximum absolute atomic E-state index is 11.8. The summed E-state index contributed by atoms with van der Waals surface area (Å²) in [6, 6.07) is 7.35. The van der Waals surface area contributed by atoms with Crippen LogP contribution in [0.25, 0.3) is 10.9 Å². The van der Waals surface area contributed by atoms with E-state index >= 15 is 0 Å². The lowest BCUT2D eigenvalue weighted by molar-refractivity contribution is 1.05. The van der Waals surface area contributed by atoms with E-state index < -0.39 is 0 Å². The van der Waals surface area contributed by atoms with Gasteiger partial charge in [0.05, 0.1) is 17.4 Å². The third kappa shape index (κ3) is 3.48. The number of hydrogen-bond acceptors (Lipinski definition) is 5. The van der Waals surface area contributed by atoms with E-state index in [1.54, 1.807) is 24.0 Å². The standard InChI is InChI=1S/C15H17N5OS/c1-9(2)22-8-12-6-14(21)19-15(18-12)17-11-4-3-10-7-16-20-13(10)5-11/h3-7,9H,8H2,1-2H3,(H,16,20)(H2,17,18,19,21). The summed E-state index contributed by atoms with van der Waals surface area (Å²) >= 11 is 1.75. The minimum Gasteiger partial charge on any atom is -0.326 e. The molecule has 2 heterocycles. The zero-order chi connectivity index (χ0) is 15.5. The van der Waals surface area contributed by atoms with Crippen LogP contribution in [0.15, 0.2) is 35.3 Å². The fourth-order valence-electron chi connectivity index (χ4n) is 2.04. The molecular formula is C15H17N5OS. The molecule has 0 saturated heterocycles. The van der Waals surface area contributed by atoms with Crippen molar-refractivity contribution in [2.24, 2.45) is 0 Å². The number of rotatable bonds is 5. The molecule has 22 heavy (non-hydrogen) atoms. The molecular weight excluding hydrogens is 298 g/mol. The van der Waals surface area contributed by atoms with Crippen molar-refractivity contribution in [2.45, 2.75) is 24.9 Å². The van der Waals surface area contributed by atoms with Gasteiger partial charge < -0.3 is 5.32 Å². The lowest BCUT2D eigenvalue weighted by atomic mass is 10.2. The molecule has 0 aliphatic rings. The monoisotopic (exact) mass is 315 g/mol. The Labute approximate surface area is 131 Å². The van der Waals surface area contributed by atoms with Crippen molar-refractivity contribution in [3.05, 3.63) is 46.5 Å². The highest BCUT2D eigenvalue weighted by molar-refractivity contribution is 7.99. The Kier molecular flexibility index (Phi) is 4.15. The summed E-state index contributed by atoms with van der Waals surface area (Å²) in [5, 5.41) is 11.6. The van der Waals surface area contributed by atoms with Crippen molar-refractivity contribution in [1.29, 1.82) is 0 Å². The van der Waals surface area contributed by atoms with E-state index in [-0.39, 0.29) is 5.56 Å². The predicted octanol–water partition coefficient (Wildman–Crippen LogP) is 3.03. The van der Waals surface area contributed by atoms with Crippen molar-refractivity contribution >= 4 is 34.3 Å². The summed E-state index contributed by atoms with van der Waals surface area (Å²) < 4.78 is 0. The van der Waals surface area contributed by atoms with Crippen LogP contribution in [-0.4, -0.2) is 25.4 Å². The van der Waals surface area contributed by atoms with Gasteiger partial charge in [-0.25, -0.2) is 4.98 Å². The Balaban J connectivity index is 1.83. The smallest absolute Gasteiger partial charge is 0.252 e. The molecule has 3 N–H and O–H groups in total. The third-order valence-electron chi connectivity index (χ3n) is 3.06. The molecule has 0 aliphatic heterocycles. The van der Waals surface area contributed by atoms with Gasteiger partial charge in [-0.15, -0.1) is 0 Å². The third-order valence-corrected chi connectivity index (χ3v) is 4.19. The van der Waals surface area contributed by atoms with Crippen LogP contribution in [-0.2, 0) is 5.75 Å². The topological polar surface area (TPSA) is 86.5 Å². The van der Waals surface area contributed by atoms with Crippen LogP contribution in [0.2, 0.25) is 0 Å². The first kappa shape index (κ1) is 14.6. The molecule has 7 heteroatoms. The van der Waals surface area contributed by atoms with E-state index in [1.165, 1.54) is 0 Å². The lowest BCUT2D eigenvalue weighted by Crippen LogP contribution is -2.12. The van der Waals surface area contributed by atoms with Gasteiger partial charge in [0.2, 0.25) is 5.95 Å². The summed E-state index contributed by atoms with van der Waals surface area (Å²) in [7, 11) is 0. The predicted molar refractivity (Wildman–Crippen MR) is 90.7 cm³/mol. The second-order valence-electron chi connectivity index (χ2n) is 5.24. The Morgan fingerprint density at radius 3 is 3.00 bits per heavy atom. The maximum atomic E-state index is 11.8. The number of aromatic nitrogens is 4. The highest BCUT2D eigenvalue weighted by atomic mass is 32.2. The van der Waals surface area contributed by atoms with Crippen LogP contribution in [0.5, 0.6) is 0 Å². The zero-order valence-corrected chi connectivity index (χ0v) is 13.2. The second kappa shape index (κ2) is 6.23. The molecule has 0 saturated carbocycles. The van der Waals surface area contributed by atoms with Crippen molar-refractivity contribution in [3.8, 4) is 0 Å². The molecule has 2 aromatic heterocycles. The van der Waals surface area contributed by atoms with Crippen LogP contribution in [0.4, 0.5) is 11.6 Å². The van der Waals surface area contributed by atoms with Gasteiger partial charge in [-0.2, -0.15) is 16.9 Å². The molecule has 3 aromatic rings. The average molecular weight is 315 g/mol. The average Bonchev–Trinajstić information content (AvgIpc) is 2.92. The zero-order valence-electron chi connectivity index (χ0n) is 12.4. The first-order chi connectivity index (χ1) is 10.6. The van der Waals surface area contributed by atoms with Crippen LogP contribution < -0.4 is 10.9 Å². The van der Waals surface area contributed by atoms with Crippen LogP contribution in [0.1, 0.15) is 19.5 Å². The Hall–Kier alpha value is -2.28. The SMILES string of the molecule is CC(C)SCc1cc(=O)[nH]c(Nc2ccc3cn[nH]c3c2)n1. The van der Waals surface area contributed by atoms with Gasteiger partial charge in [0.1, 0.15) is 0 Å². The highest BCUT2D eigenvalue weighted by Crippen LogP contribution is 2.20. The van der Waals surface area contributed by atoms with E-state index in [4.69, 9.17) is 0 Å². The highest BCUT2D eigenvalue weighted by Gasteiger charge is 2.05. The van der Waals surface area contributed by atoms with Crippen LogP contribution in [0.3, 0.4) is 0 Å². The number of anilines is 2. The van der Waals surface area contributed by atoms with Crippen molar-refractivity contribution in [1.82, 2.24) is 20.2 Å². The van der Waals surface area contributed by atoms with Crippen LogP contribution >= 0.6 is 11.8 Å². The number of nitrogens with one attached hydrogen (secondary N) is 3. The van der Waals surface area contributed by atoms with Crippen molar-refractivity contribution in [3.63, 3.8) is 0 Å². The summed E-state index contributed by atoms with van der Waals surface area (Å²) in [5.74, 6) is 1.17. The molecule has 0 fully saturated rings. The molecule has 0 radical (unpaired) electrons. The fraction of sp³-hybridized carbons (Fsp3) is 0.267. The van der Waals surface area contributed by atoms with Crippen molar-refractivity contribution < 1.29 is 0 Å². The molecule has 6 nitrogen and oxygen atoms in total. The molecule has 0 atom stereocenters. The Morgan fingerprint density at radius 2 is 2.18 bits per heavy atom. The number of thioether (sulfide) groups is 1. The summed E-state index contributed by atoms with van der Waals surface area (Å²) in [5.41, 5.74) is 2.39. The number of benzene rings is 1. The van der Waals surface area contributed by atoms with E-state index in [2.05, 4.69) is 39.3 Å². The minimum atomic E-state index is -0.153. The molecule has 114 valence electrons. The van der Waals surface area contributed by atoms with Gasteiger partial charge in [-0.05, 0) is 23.4 Å². The van der Waals surface area contributed by atoms with Gasteiger partial charge in [-0.3, -0.25) is 14.9 Å². The molecule has 0 unspecified atom stereocenters. The van der Waals surface area contributed by atoms with Gasteiger partial charge in [0.15, 0.2) is 0 Å². The molecule has 3 rings (SSSR count). The summed E-state index contributed by atoms with van der Waals surface area (Å²) in [4.78, 5) is 18.9. The van der Waals surface area contributed by atoms with E-state index in [0.29, 0.717) is 11.2 Å². The molecule has 0 amide bonds. The second-order valence-corrected chi connectivity index (χ2v) is 6.81. The van der Waals surface area contributed by atoms with E-state index in [0.717, 1.165) is 28.0 Å². The largest absolute Gasteiger partial charge is 0.326 e. The van der Waals surface area contributed by atoms with Gasteiger partial charge >= 0.3 is 0 Å². The first-order valence-corrected chi connectivity index (χ1v) is 8.07. The van der Waals surface area contributed by atoms with Gasteiger partial charge in [-0.1, -0.05) is 13.8 Å². The minimum absolute atomic E-state index is 0.153. The van der Waals surface area contributed by atoms with Crippen molar-refractivity contribution in [2.75, 3.05) is 5.32 Å².